The van der Waals surface area contributed by atoms with Gasteiger partial charge in [-0.05, 0) is 30.7 Å². The molecular weight excluding hydrogens is 346 g/mol. The fourth-order valence-electron chi connectivity index (χ4n) is 2.22. The number of benzene rings is 2. The Bertz CT molecular complexity index is 859. The van der Waals surface area contributed by atoms with Crippen molar-refractivity contribution in [3.63, 3.8) is 0 Å². The molecule has 2 aromatic rings. The standard InChI is InChI=1S/C20H19N3O4/c1-14(20(26)23-17-9-5-8-16(10-17)12-21)27-19(25)13-22-18(24)11-15-6-3-2-4-7-15/h2-10,14H,11,13H2,1H3,(H,22,24)(H,23,26)/t14-/m0/s1. The molecule has 2 amide bonds. The molecule has 7 heteroatoms. The van der Waals surface area contributed by atoms with Crippen molar-refractivity contribution in [3.8, 4) is 6.07 Å². The van der Waals surface area contributed by atoms with Crippen molar-refractivity contribution in [1.82, 2.24) is 5.32 Å². The third-order valence-corrected chi connectivity index (χ3v) is 3.57. The first-order chi connectivity index (χ1) is 13.0. The Morgan fingerprint density at radius 1 is 1.11 bits per heavy atom. The lowest BCUT2D eigenvalue weighted by atomic mass is 10.1. The SMILES string of the molecule is C[C@H](OC(=O)CNC(=O)Cc1ccccc1)C(=O)Nc1cccc(C#N)c1. The van der Waals surface area contributed by atoms with Gasteiger partial charge in [0, 0.05) is 5.69 Å². The van der Waals surface area contributed by atoms with Gasteiger partial charge in [0.1, 0.15) is 6.54 Å². The molecule has 0 radical (unpaired) electrons. The average molecular weight is 365 g/mol. The summed E-state index contributed by atoms with van der Waals surface area (Å²) in [4.78, 5) is 35.7. The summed E-state index contributed by atoms with van der Waals surface area (Å²) in [5.41, 5.74) is 1.66. The van der Waals surface area contributed by atoms with E-state index in [1.54, 1.807) is 18.2 Å². The number of amides is 2. The first-order valence-electron chi connectivity index (χ1n) is 8.29. The second-order valence-corrected chi connectivity index (χ2v) is 5.75. The van der Waals surface area contributed by atoms with E-state index in [1.165, 1.54) is 13.0 Å². The Morgan fingerprint density at radius 3 is 2.56 bits per heavy atom. The highest BCUT2D eigenvalue weighted by atomic mass is 16.5. The van der Waals surface area contributed by atoms with Crippen LogP contribution >= 0.6 is 0 Å². The number of hydrogen-bond acceptors (Lipinski definition) is 5. The van der Waals surface area contributed by atoms with Crippen LogP contribution in [0.25, 0.3) is 0 Å². The summed E-state index contributed by atoms with van der Waals surface area (Å²) in [5.74, 6) is -1.57. The van der Waals surface area contributed by atoms with Crippen LogP contribution in [0, 0.1) is 11.3 Å². The van der Waals surface area contributed by atoms with Crippen molar-refractivity contribution < 1.29 is 19.1 Å². The molecule has 0 saturated carbocycles. The average Bonchev–Trinajstić information content (AvgIpc) is 2.67. The molecule has 2 rings (SSSR count). The number of esters is 1. The molecule has 0 fully saturated rings. The highest BCUT2D eigenvalue weighted by molar-refractivity contribution is 5.95. The minimum atomic E-state index is -1.05. The van der Waals surface area contributed by atoms with E-state index in [9.17, 15) is 14.4 Å². The zero-order valence-corrected chi connectivity index (χ0v) is 14.8. The van der Waals surface area contributed by atoms with E-state index >= 15 is 0 Å². The van der Waals surface area contributed by atoms with Crippen molar-refractivity contribution in [3.05, 3.63) is 65.7 Å². The topological polar surface area (TPSA) is 108 Å². The molecule has 0 heterocycles. The van der Waals surface area contributed by atoms with Crippen molar-refractivity contribution in [2.45, 2.75) is 19.4 Å². The Kier molecular flexibility index (Phi) is 7.08. The lowest BCUT2D eigenvalue weighted by Crippen LogP contribution is -2.36. The molecule has 27 heavy (non-hydrogen) atoms. The van der Waals surface area contributed by atoms with E-state index in [-0.39, 0.29) is 18.9 Å². The van der Waals surface area contributed by atoms with Crippen molar-refractivity contribution in [1.29, 1.82) is 5.26 Å². The fraction of sp³-hybridized carbons (Fsp3) is 0.200. The van der Waals surface area contributed by atoms with Gasteiger partial charge >= 0.3 is 5.97 Å². The zero-order valence-electron chi connectivity index (χ0n) is 14.8. The van der Waals surface area contributed by atoms with E-state index in [0.717, 1.165) is 5.56 Å². The predicted octanol–water partition coefficient (Wildman–Crippen LogP) is 1.79. The lowest BCUT2D eigenvalue weighted by molar-refractivity contribution is -0.152. The number of carbonyl (C=O) groups excluding carboxylic acids is 3. The van der Waals surface area contributed by atoms with Gasteiger partial charge < -0.3 is 15.4 Å². The summed E-state index contributed by atoms with van der Waals surface area (Å²) in [7, 11) is 0. The van der Waals surface area contributed by atoms with E-state index in [1.807, 2.05) is 36.4 Å². The molecule has 7 nitrogen and oxygen atoms in total. The predicted molar refractivity (Wildman–Crippen MR) is 98.5 cm³/mol. The van der Waals surface area contributed by atoms with Gasteiger partial charge in [-0.25, -0.2) is 0 Å². The van der Waals surface area contributed by atoms with Gasteiger partial charge in [0.25, 0.3) is 5.91 Å². The number of nitrogens with one attached hydrogen (secondary N) is 2. The second kappa shape index (κ2) is 9.73. The van der Waals surface area contributed by atoms with Gasteiger partial charge in [-0.2, -0.15) is 5.26 Å². The summed E-state index contributed by atoms with van der Waals surface area (Å²) in [6.07, 6.45) is -0.895. The Morgan fingerprint density at radius 2 is 1.85 bits per heavy atom. The van der Waals surface area contributed by atoms with Crippen molar-refractivity contribution in [2.75, 3.05) is 11.9 Å². The van der Waals surface area contributed by atoms with Gasteiger partial charge in [0.15, 0.2) is 6.10 Å². The molecule has 2 aromatic carbocycles. The van der Waals surface area contributed by atoms with Gasteiger partial charge in [0.2, 0.25) is 5.91 Å². The summed E-state index contributed by atoms with van der Waals surface area (Å²) in [6.45, 7) is 1.10. The van der Waals surface area contributed by atoms with Crippen LogP contribution in [0.2, 0.25) is 0 Å². The molecule has 0 aliphatic heterocycles. The molecule has 0 aromatic heterocycles. The Hall–Kier alpha value is -3.66. The van der Waals surface area contributed by atoms with Gasteiger partial charge in [-0.1, -0.05) is 36.4 Å². The molecule has 138 valence electrons. The molecule has 1 atom stereocenters. The molecule has 0 bridgehead atoms. The van der Waals surface area contributed by atoms with Crippen LogP contribution < -0.4 is 10.6 Å². The summed E-state index contributed by atoms with van der Waals surface area (Å²) >= 11 is 0. The third-order valence-electron chi connectivity index (χ3n) is 3.57. The van der Waals surface area contributed by atoms with E-state index in [0.29, 0.717) is 11.3 Å². The first-order valence-corrected chi connectivity index (χ1v) is 8.29. The zero-order chi connectivity index (χ0) is 19.6. The van der Waals surface area contributed by atoms with Crippen LogP contribution in [-0.2, 0) is 25.5 Å². The van der Waals surface area contributed by atoms with Crippen LogP contribution in [0.4, 0.5) is 5.69 Å². The van der Waals surface area contributed by atoms with Crippen LogP contribution in [0.15, 0.2) is 54.6 Å². The molecule has 0 unspecified atom stereocenters. The summed E-state index contributed by atoms with van der Waals surface area (Å²) < 4.78 is 5.01. The number of carbonyl (C=O) groups is 3. The van der Waals surface area contributed by atoms with E-state index in [4.69, 9.17) is 10.00 Å². The van der Waals surface area contributed by atoms with Crippen LogP contribution in [0.1, 0.15) is 18.1 Å². The number of nitriles is 1. The third kappa shape index (κ3) is 6.63. The summed E-state index contributed by atoms with van der Waals surface area (Å²) in [6, 6.07) is 17.5. The summed E-state index contributed by atoms with van der Waals surface area (Å²) in [5, 5.41) is 13.9. The molecule has 0 saturated heterocycles. The molecule has 0 spiro atoms. The van der Waals surface area contributed by atoms with Crippen LogP contribution in [0.5, 0.6) is 0 Å². The number of hydrogen-bond donors (Lipinski definition) is 2. The maximum absolute atomic E-state index is 12.1. The number of rotatable bonds is 7. The Balaban J connectivity index is 1.76. The molecular formula is C20H19N3O4. The maximum Gasteiger partial charge on any atom is 0.326 e. The van der Waals surface area contributed by atoms with Gasteiger partial charge in [-0.3, -0.25) is 14.4 Å². The quantitative estimate of drug-likeness (QED) is 0.727. The molecule has 0 aliphatic rings. The fourth-order valence-corrected chi connectivity index (χ4v) is 2.22. The number of nitrogens with zero attached hydrogens (tertiary/aromatic N) is 1. The monoisotopic (exact) mass is 365 g/mol. The molecule has 2 N–H and O–H groups in total. The Labute approximate surface area is 156 Å². The van der Waals surface area contributed by atoms with Crippen LogP contribution in [-0.4, -0.2) is 30.4 Å². The van der Waals surface area contributed by atoms with Gasteiger partial charge in [0.05, 0.1) is 18.1 Å². The highest BCUT2D eigenvalue weighted by Crippen LogP contribution is 2.10. The number of ether oxygens (including phenoxy) is 1. The lowest BCUT2D eigenvalue weighted by Gasteiger charge is -2.14. The molecule has 0 aliphatic carbocycles. The van der Waals surface area contributed by atoms with Crippen molar-refractivity contribution in [2.24, 2.45) is 0 Å². The van der Waals surface area contributed by atoms with E-state index in [2.05, 4.69) is 10.6 Å². The number of anilines is 1. The minimum Gasteiger partial charge on any atom is -0.451 e. The minimum absolute atomic E-state index is 0.152. The van der Waals surface area contributed by atoms with E-state index < -0.39 is 18.0 Å². The highest BCUT2D eigenvalue weighted by Gasteiger charge is 2.18. The van der Waals surface area contributed by atoms with Crippen molar-refractivity contribution >= 4 is 23.5 Å². The first kappa shape index (κ1) is 19.7. The van der Waals surface area contributed by atoms with Gasteiger partial charge in [-0.15, -0.1) is 0 Å². The van der Waals surface area contributed by atoms with Crippen LogP contribution in [0.3, 0.4) is 0 Å². The smallest absolute Gasteiger partial charge is 0.326 e. The largest absolute Gasteiger partial charge is 0.451 e. The maximum atomic E-state index is 12.1. The normalized spacial score (nSPS) is 11.0. The second-order valence-electron chi connectivity index (χ2n) is 5.75.